The fourth-order valence-electron chi connectivity index (χ4n) is 2.50. The molecule has 0 atom stereocenters. The van der Waals surface area contributed by atoms with E-state index in [4.69, 9.17) is 22.4 Å². The molecule has 0 radical (unpaired) electrons. The maximum absolute atomic E-state index is 11.6. The van der Waals surface area contributed by atoms with Crippen LogP contribution in [0.1, 0.15) is 15.9 Å². The molecule has 2 aromatic carbocycles. The summed E-state index contributed by atoms with van der Waals surface area (Å²) in [5.74, 6) is -0.570. The minimum Gasteiger partial charge on any atom is -0.465 e. The van der Waals surface area contributed by atoms with E-state index in [0.29, 0.717) is 21.5 Å². The summed E-state index contributed by atoms with van der Waals surface area (Å²) in [6.45, 7) is 0.286. The van der Waals surface area contributed by atoms with Gasteiger partial charge in [0.1, 0.15) is 5.52 Å². The van der Waals surface area contributed by atoms with Crippen LogP contribution in [0.3, 0.4) is 0 Å². The van der Waals surface area contributed by atoms with Gasteiger partial charge in [-0.15, -0.1) is 0 Å². The van der Waals surface area contributed by atoms with Crippen LogP contribution < -0.4 is 5.73 Å². The number of aromatic nitrogens is 2. The van der Waals surface area contributed by atoms with E-state index in [1.807, 2.05) is 24.3 Å². The van der Waals surface area contributed by atoms with Gasteiger partial charge in [0.2, 0.25) is 0 Å². The molecule has 0 aliphatic carbocycles. The SMILES string of the molecule is CN(Cc1ccc(-n2cc3c(Cl)ccc(C(N)=O)c3n2)cc1)C(=O)O. The summed E-state index contributed by atoms with van der Waals surface area (Å²) >= 11 is 6.18. The predicted molar refractivity (Wildman–Crippen MR) is 94.1 cm³/mol. The highest BCUT2D eigenvalue weighted by molar-refractivity contribution is 6.36. The number of amides is 2. The summed E-state index contributed by atoms with van der Waals surface area (Å²) in [6.07, 6.45) is 0.735. The smallest absolute Gasteiger partial charge is 0.407 e. The third kappa shape index (κ3) is 3.27. The van der Waals surface area contributed by atoms with Crippen molar-refractivity contribution in [3.8, 4) is 5.69 Å². The number of carbonyl (C=O) groups is 2. The Morgan fingerprint density at radius 2 is 1.92 bits per heavy atom. The molecular weight excluding hydrogens is 344 g/mol. The molecule has 128 valence electrons. The lowest BCUT2D eigenvalue weighted by Gasteiger charge is -2.13. The summed E-state index contributed by atoms with van der Waals surface area (Å²) in [4.78, 5) is 23.6. The van der Waals surface area contributed by atoms with Crippen LogP contribution in [0, 0.1) is 0 Å². The molecule has 1 aromatic heterocycles. The van der Waals surface area contributed by atoms with Crippen LogP contribution in [0.25, 0.3) is 16.6 Å². The van der Waals surface area contributed by atoms with Crippen molar-refractivity contribution >= 4 is 34.5 Å². The van der Waals surface area contributed by atoms with Crippen LogP contribution in [0.4, 0.5) is 4.79 Å². The van der Waals surface area contributed by atoms with Gasteiger partial charge < -0.3 is 15.7 Å². The molecule has 0 fully saturated rings. The molecule has 0 aliphatic rings. The fourth-order valence-corrected chi connectivity index (χ4v) is 2.70. The number of carboxylic acid groups (broad SMARTS) is 1. The second kappa shape index (κ2) is 6.45. The molecule has 0 aliphatic heterocycles. The molecule has 0 unspecified atom stereocenters. The van der Waals surface area contributed by atoms with Crippen LogP contribution >= 0.6 is 11.6 Å². The van der Waals surface area contributed by atoms with Gasteiger partial charge in [0.25, 0.3) is 5.91 Å². The molecule has 3 rings (SSSR count). The molecule has 0 saturated heterocycles. The molecular formula is C17H15ClN4O3. The first-order valence-electron chi connectivity index (χ1n) is 7.38. The summed E-state index contributed by atoms with van der Waals surface area (Å²) in [7, 11) is 1.50. The highest BCUT2D eigenvalue weighted by atomic mass is 35.5. The van der Waals surface area contributed by atoms with E-state index in [1.54, 1.807) is 23.0 Å². The normalized spacial score (nSPS) is 10.8. The first kappa shape index (κ1) is 16.8. The zero-order chi connectivity index (χ0) is 18.1. The maximum atomic E-state index is 11.6. The number of halogens is 1. The van der Waals surface area contributed by atoms with E-state index in [-0.39, 0.29) is 6.54 Å². The van der Waals surface area contributed by atoms with Crippen LogP contribution in [0.5, 0.6) is 0 Å². The Morgan fingerprint density at radius 3 is 2.52 bits per heavy atom. The van der Waals surface area contributed by atoms with Gasteiger partial charge in [0, 0.05) is 25.2 Å². The Labute approximate surface area is 148 Å². The van der Waals surface area contributed by atoms with E-state index in [9.17, 15) is 9.59 Å². The lowest BCUT2D eigenvalue weighted by molar-refractivity contribution is 0.100. The van der Waals surface area contributed by atoms with Crippen molar-refractivity contribution < 1.29 is 14.7 Å². The zero-order valence-electron chi connectivity index (χ0n) is 13.3. The summed E-state index contributed by atoms with van der Waals surface area (Å²) in [5, 5.41) is 14.4. The van der Waals surface area contributed by atoms with Gasteiger partial charge >= 0.3 is 6.09 Å². The van der Waals surface area contributed by atoms with Gasteiger partial charge in [-0.25, -0.2) is 9.48 Å². The number of hydrogen-bond donors (Lipinski definition) is 2. The third-order valence-electron chi connectivity index (χ3n) is 3.84. The Balaban J connectivity index is 1.97. The maximum Gasteiger partial charge on any atom is 0.407 e. The van der Waals surface area contributed by atoms with Crippen LogP contribution in [-0.4, -0.2) is 38.8 Å². The van der Waals surface area contributed by atoms with Crippen LogP contribution in [-0.2, 0) is 6.54 Å². The standard InChI is InChI=1S/C17H15ClN4O3/c1-21(17(24)25)8-10-2-4-11(5-3-10)22-9-13-14(18)7-6-12(16(19)23)15(13)20-22/h2-7,9H,8H2,1H3,(H2,19,23)(H,24,25). The molecule has 25 heavy (non-hydrogen) atoms. The highest BCUT2D eigenvalue weighted by Crippen LogP contribution is 2.26. The first-order chi connectivity index (χ1) is 11.9. The predicted octanol–water partition coefficient (Wildman–Crippen LogP) is 2.89. The number of primary amides is 1. The van der Waals surface area contributed by atoms with Crippen molar-refractivity contribution in [2.45, 2.75) is 6.54 Å². The quantitative estimate of drug-likeness (QED) is 0.748. The number of benzene rings is 2. The van der Waals surface area contributed by atoms with Crippen molar-refractivity contribution in [3.63, 3.8) is 0 Å². The van der Waals surface area contributed by atoms with Gasteiger partial charge in [-0.2, -0.15) is 5.10 Å². The Morgan fingerprint density at radius 1 is 1.24 bits per heavy atom. The Hall–Kier alpha value is -3.06. The molecule has 0 spiro atoms. The van der Waals surface area contributed by atoms with Gasteiger partial charge in [0.15, 0.2) is 0 Å². The number of carbonyl (C=O) groups excluding carboxylic acids is 1. The van der Waals surface area contributed by atoms with Gasteiger partial charge in [-0.1, -0.05) is 23.7 Å². The molecule has 3 N–H and O–H groups in total. The van der Waals surface area contributed by atoms with E-state index in [2.05, 4.69) is 5.10 Å². The molecule has 0 saturated carbocycles. The number of fused-ring (bicyclic) bond motifs is 1. The molecule has 2 amide bonds. The van der Waals surface area contributed by atoms with E-state index >= 15 is 0 Å². The zero-order valence-corrected chi connectivity index (χ0v) is 14.1. The summed E-state index contributed by atoms with van der Waals surface area (Å²) < 4.78 is 1.60. The van der Waals surface area contributed by atoms with Crippen molar-refractivity contribution in [1.82, 2.24) is 14.7 Å². The second-order valence-corrected chi connectivity index (χ2v) is 6.01. The number of nitrogens with zero attached hydrogens (tertiary/aromatic N) is 3. The lowest BCUT2D eigenvalue weighted by Crippen LogP contribution is -2.23. The molecule has 8 heteroatoms. The minimum atomic E-state index is -0.990. The topological polar surface area (TPSA) is 101 Å². The number of nitrogens with two attached hydrogens (primary N) is 1. The van der Waals surface area contributed by atoms with E-state index in [0.717, 1.165) is 11.3 Å². The van der Waals surface area contributed by atoms with Crippen molar-refractivity contribution in [1.29, 1.82) is 0 Å². The summed E-state index contributed by atoms with van der Waals surface area (Å²) in [6, 6.07) is 10.4. The van der Waals surface area contributed by atoms with E-state index < -0.39 is 12.0 Å². The van der Waals surface area contributed by atoms with Gasteiger partial charge in [0.05, 0.1) is 16.3 Å². The molecule has 7 nitrogen and oxygen atoms in total. The average molecular weight is 359 g/mol. The highest BCUT2D eigenvalue weighted by Gasteiger charge is 2.14. The van der Waals surface area contributed by atoms with Crippen molar-refractivity contribution in [2.24, 2.45) is 5.73 Å². The Bertz CT molecular complexity index is 966. The Kier molecular flexibility index (Phi) is 4.33. The monoisotopic (exact) mass is 358 g/mol. The summed E-state index contributed by atoms with van der Waals surface area (Å²) in [5.41, 5.74) is 7.73. The number of hydrogen-bond acceptors (Lipinski definition) is 3. The van der Waals surface area contributed by atoms with Crippen molar-refractivity contribution in [2.75, 3.05) is 7.05 Å². The largest absolute Gasteiger partial charge is 0.465 e. The number of rotatable bonds is 4. The average Bonchev–Trinajstić information content (AvgIpc) is 3.01. The van der Waals surface area contributed by atoms with Gasteiger partial charge in [-0.3, -0.25) is 4.79 Å². The molecule has 3 aromatic rings. The van der Waals surface area contributed by atoms with Crippen molar-refractivity contribution in [3.05, 3.63) is 58.7 Å². The molecule has 1 heterocycles. The lowest BCUT2D eigenvalue weighted by atomic mass is 10.1. The third-order valence-corrected chi connectivity index (χ3v) is 4.17. The van der Waals surface area contributed by atoms with E-state index in [1.165, 1.54) is 11.9 Å². The first-order valence-corrected chi connectivity index (χ1v) is 7.75. The van der Waals surface area contributed by atoms with Crippen LogP contribution in [0.15, 0.2) is 42.6 Å². The molecule has 0 bridgehead atoms. The van der Waals surface area contributed by atoms with Crippen LogP contribution in [0.2, 0.25) is 5.02 Å². The minimum absolute atomic E-state index is 0.286. The van der Waals surface area contributed by atoms with Gasteiger partial charge in [-0.05, 0) is 29.8 Å². The second-order valence-electron chi connectivity index (χ2n) is 5.60. The fraction of sp³-hybridized carbons (Fsp3) is 0.118.